The number of carboxylic acids is 1. The van der Waals surface area contributed by atoms with Crippen LogP contribution in [0.5, 0.6) is 5.75 Å². The summed E-state index contributed by atoms with van der Waals surface area (Å²) in [5, 5.41) is 21.0. The lowest BCUT2D eigenvalue weighted by molar-refractivity contribution is 0.0693. The van der Waals surface area contributed by atoms with E-state index in [9.17, 15) is 14.7 Å². The highest BCUT2D eigenvalue weighted by atomic mass is 16.4. The van der Waals surface area contributed by atoms with Crippen molar-refractivity contribution in [1.29, 1.82) is 0 Å². The number of rotatable bonds is 3. The summed E-state index contributed by atoms with van der Waals surface area (Å²) in [7, 11) is 0. The Bertz CT molecular complexity index is 626. The minimum atomic E-state index is -1.27. The Morgan fingerprint density at radius 1 is 1.16 bits per heavy atom. The highest BCUT2D eigenvalue weighted by Gasteiger charge is 2.15. The number of aromatic hydroxyl groups is 1. The lowest BCUT2D eigenvalue weighted by atomic mass is 10.1. The molecule has 0 aliphatic carbocycles. The average molecular weight is 258 g/mol. The molecule has 1 heterocycles. The summed E-state index contributed by atoms with van der Waals surface area (Å²) in [5.41, 5.74) is 0.0698. The van der Waals surface area contributed by atoms with E-state index in [4.69, 9.17) is 5.11 Å². The van der Waals surface area contributed by atoms with Crippen LogP contribution < -0.4 is 5.32 Å². The molecule has 0 radical (unpaired) electrons. The van der Waals surface area contributed by atoms with E-state index >= 15 is 0 Å². The molecule has 0 aliphatic rings. The number of amides is 1. The van der Waals surface area contributed by atoms with E-state index in [2.05, 4.69) is 10.3 Å². The van der Waals surface area contributed by atoms with E-state index in [0.29, 0.717) is 5.56 Å². The molecule has 19 heavy (non-hydrogen) atoms. The summed E-state index contributed by atoms with van der Waals surface area (Å²) in [5.74, 6) is -2.23. The second-order valence-corrected chi connectivity index (χ2v) is 3.70. The van der Waals surface area contributed by atoms with Gasteiger partial charge in [0.25, 0.3) is 5.91 Å². The van der Waals surface area contributed by atoms with Gasteiger partial charge in [-0.2, -0.15) is 0 Å². The number of pyridine rings is 1. The number of para-hydroxylation sites is 1. The number of hydrogen-bond donors (Lipinski definition) is 3. The number of carbonyl (C=O) groups excluding carboxylic acids is 1. The van der Waals surface area contributed by atoms with Gasteiger partial charge in [-0.25, -0.2) is 4.79 Å². The van der Waals surface area contributed by atoms with Crippen LogP contribution in [0.15, 0.2) is 42.7 Å². The van der Waals surface area contributed by atoms with Crippen LogP contribution in [-0.2, 0) is 0 Å². The van der Waals surface area contributed by atoms with Crippen LogP contribution in [0, 0.1) is 0 Å². The van der Waals surface area contributed by atoms with Crippen molar-refractivity contribution >= 4 is 17.6 Å². The molecule has 1 amide bonds. The third-order valence-electron chi connectivity index (χ3n) is 2.44. The van der Waals surface area contributed by atoms with E-state index in [0.717, 1.165) is 0 Å². The molecule has 3 N–H and O–H groups in total. The molecule has 0 saturated heterocycles. The minimum Gasteiger partial charge on any atom is -0.505 e. The highest BCUT2D eigenvalue weighted by Crippen LogP contribution is 2.27. The maximum absolute atomic E-state index is 11.8. The number of carboxylic acid groups (broad SMARTS) is 1. The summed E-state index contributed by atoms with van der Waals surface area (Å²) in [6.07, 6.45) is 2.90. The van der Waals surface area contributed by atoms with Gasteiger partial charge in [0, 0.05) is 12.4 Å². The molecule has 0 spiro atoms. The standard InChI is InChI=1S/C13H10N2O4/c16-11-9(13(18)19)4-1-5-10(11)15-12(17)8-3-2-6-14-7-8/h1-7,16H,(H,15,17)(H,18,19). The Labute approximate surface area is 108 Å². The fourth-order valence-electron chi connectivity index (χ4n) is 1.51. The first-order chi connectivity index (χ1) is 9.09. The van der Waals surface area contributed by atoms with Crippen molar-refractivity contribution < 1.29 is 19.8 Å². The fraction of sp³-hybridized carbons (Fsp3) is 0. The second-order valence-electron chi connectivity index (χ2n) is 3.70. The molecule has 0 atom stereocenters. The fourth-order valence-corrected chi connectivity index (χ4v) is 1.51. The van der Waals surface area contributed by atoms with Crippen molar-refractivity contribution in [2.75, 3.05) is 5.32 Å². The van der Waals surface area contributed by atoms with Crippen LogP contribution in [0.2, 0.25) is 0 Å². The number of nitrogens with one attached hydrogen (secondary N) is 1. The third-order valence-corrected chi connectivity index (χ3v) is 2.44. The molecule has 2 aromatic rings. The Balaban J connectivity index is 2.27. The van der Waals surface area contributed by atoms with Crippen molar-refractivity contribution in [3.63, 3.8) is 0 Å². The highest BCUT2D eigenvalue weighted by molar-refractivity contribution is 6.06. The molecular weight excluding hydrogens is 248 g/mol. The van der Waals surface area contributed by atoms with Gasteiger partial charge in [0.2, 0.25) is 0 Å². The molecule has 0 fully saturated rings. The zero-order valence-electron chi connectivity index (χ0n) is 9.70. The van der Waals surface area contributed by atoms with Crippen molar-refractivity contribution in [2.24, 2.45) is 0 Å². The normalized spacial score (nSPS) is 9.89. The maximum atomic E-state index is 11.8. The molecular formula is C13H10N2O4. The Kier molecular flexibility index (Phi) is 3.42. The number of aromatic nitrogens is 1. The Morgan fingerprint density at radius 3 is 2.58 bits per heavy atom. The predicted molar refractivity (Wildman–Crippen MR) is 67.3 cm³/mol. The van der Waals surface area contributed by atoms with Gasteiger partial charge < -0.3 is 15.5 Å². The first-order valence-corrected chi connectivity index (χ1v) is 5.36. The number of benzene rings is 1. The number of carbonyl (C=O) groups is 2. The lowest BCUT2D eigenvalue weighted by Crippen LogP contribution is -2.12. The van der Waals surface area contributed by atoms with Crippen molar-refractivity contribution in [3.8, 4) is 5.75 Å². The van der Waals surface area contributed by atoms with Gasteiger partial charge >= 0.3 is 5.97 Å². The lowest BCUT2D eigenvalue weighted by Gasteiger charge is -2.08. The zero-order chi connectivity index (χ0) is 13.8. The molecule has 6 heteroatoms. The van der Waals surface area contributed by atoms with Crippen LogP contribution in [-0.4, -0.2) is 27.1 Å². The van der Waals surface area contributed by atoms with E-state index in [1.807, 2.05) is 0 Å². The zero-order valence-corrected chi connectivity index (χ0v) is 9.70. The number of hydrogen-bond acceptors (Lipinski definition) is 4. The Morgan fingerprint density at radius 2 is 1.95 bits per heavy atom. The van der Waals surface area contributed by atoms with Crippen LogP contribution >= 0.6 is 0 Å². The molecule has 1 aromatic carbocycles. The number of phenols is 1. The number of anilines is 1. The molecule has 0 bridgehead atoms. The maximum Gasteiger partial charge on any atom is 0.339 e. The number of aromatic carboxylic acids is 1. The van der Waals surface area contributed by atoms with E-state index in [1.165, 1.54) is 30.6 Å². The van der Waals surface area contributed by atoms with Gasteiger partial charge in [0.05, 0.1) is 11.3 Å². The smallest absolute Gasteiger partial charge is 0.339 e. The van der Waals surface area contributed by atoms with Gasteiger partial charge in [0.15, 0.2) is 5.75 Å². The average Bonchev–Trinajstić information content (AvgIpc) is 2.41. The van der Waals surface area contributed by atoms with Crippen molar-refractivity contribution in [1.82, 2.24) is 4.98 Å². The summed E-state index contributed by atoms with van der Waals surface area (Å²) < 4.78 is 0. The van der Waals surface area contributed by atoms with Gasteiger partial charge in [0.1, 0.15) is 5.56 Å². The molecule has 1 aromatic heterocycles. The molecule has 2 rings (SSSR count). The van der Waals surface area contributed by atoms with Crippen LogP contribution in [0.1, 0.15) is 20.7 Å². The summed E-state index contributed by atoms with van der Waals surface area (Å²) in [6, 6.07) is 7.25. The monoisotopic (exact) mass is 258 g/mol. The molecule has 0 aliphatic heterocycles. The van der Waals surface area contributed by atoms with Crippen LogP contribution in [0.4, 0.5) is 5.69 Å². The van der Waals surface area contributed by atoms with Gasteiger partial charge in [-0.05, 0) is 24.3 Å². The first-order valence-electron chi connectivity index (χ1n) is 5.36. The van der Waals surface area contributed by atoms with E-state index in [1.54, 1.807) is 12.1 Å². The first kappa shape index (κ1) is 12.6. The third kappa shape index (κ3) is 2.68. The SMILES string of the molecule is O=C(Nc1cccc(C(=O)O)c1O)c1cccnc1. The summed E-state index contributed by atoms with van der Waals surface area (Å²) in [6.45, 7) is 0. The second kappa shape index (κ2) is 5.18. The van der Waals surface area contributed by atoms with E-state index in [-0.39, 0.29) is 11.3 Å². The summed E-state index contributed by atoms with van der Waals surface area (Å²) >= 11 is 0. The molecule has 0 saturated carbocycles. The largest absolute Gasteiger partial charge is 0.505 e. The van der Waals surface area contributed by atoms with E-state index < -0.39 is 17.6 Å². The topological polar surface area (TPSA) is 99.5 Å². The molecule has 0 unspecified atom stereocenters. The predicted octanol–water partition coefficient (Wildman–Crippen LogP) is 1.74. The Hall–Kier alpha value is -2.89. The molecule has 96 valence electrons. The van der Waals surface area contributed by atoms with Gasteiger partial charge in [-0.3, -0.25) is 9.78 Å². The van der Waals surface area contributed by atoms with Gasteiger partial charge in [-0.1, -0.05) is 6.07 Å². The van der Waals surface area contributed by atoms with Crippen molar-refractivity contribution in [3.05, 3.63) is 53.9 Å². The van der Waals surface area contributed by atoms with Crippen molar-refractivity contribution in [2.45, 2.75) is 0 Å². The van der Waals surface area contributed by atoms with Crippen LogP contribution in [0.25, 0.3) is 0 Å². The number of nitrogens with zero attached hydrogens (tertiary/aromatic N) is 1. The quantitative estimate of drug-likeness (QED) is 0.728. The minimum absolute atomic E-state index is 0.0359. The van der Waals surface area contributed by atoms with Crippen LogP contribution in [0.3, 0.4) is 0 Å². The summed E-state index contributed by atoms with van der Waals surface area (Å²) in [4.78, 5) is 26.5. The molecule has 6 nitrogen and oxygen atoms in total. The van der Waals surface area contributed by atoms with Gasteiger partial charge in [-0.15, -0.1) is 0 Å².